The van der Waals surface area contributed by atoms with Crippen molar-refractivity contribution in [1.29, 1.82) is 0 Å². The Balaban J connectivity index is 1.62. The van der Waals surface area contributed by atoms with Crippen molar-refractivity contribution < 1.29 is 40.6 Å². The number of hydrogen-bond acceptors (Lipinski definition) is 9. The summed E-state index contributed by atoms with van der Waals surface area (Å²) in [6.45, 7) is 7.60. The Kier molecular flexibility index (Phi) is 10.5. The summed E-state index contributed by atoms with van der Waals surface area (Å²) in [5.41, 5.74) is -0.00174. The predicted octanol–water partition coefficient (Wildman–Crippen LogP) is 5.26. The van der Waals surface area contributed by atoms with E-state index in [1.54, 1.807) is 12.1 Å². The van der Waals surface area contributed by atoms with Crippen LogP contribution in [0.25, 0.3) is 0 Å². The van der Waals surface area contributed by atoms with Gasteiger partial charge in [-0.2, -0.15) is 0 Å². The molecular weight excluding hydrogens is 592 g/mol. The number of hydrogen-bond donors (Lipinski definition) is 0. The Bertz CT molecular complexity index is 1450. The first-order valence-electron chi connectivity index (χ1n) is 14.6. The van der Waals surface area contributed by atoms with Gasteiger partial charge >= 0.3 is 11.9 Å². The molecule has 1 aliphatic carbocycles. The first-order valence-corrected chi connectivity index (χ1v) is 17.7. The van der Waals surface area contributed by atoms with E-state index in [9.17, 15) is 26.4 Å². The molecule has 0 radical (unpaired) electrons. The topological polar surface area (TPSA) is 130 Å². The van der Waals surface area contributed by atoms with Gasteiger partial charge < -0.3 is 14.2 Å². The highest BCUT2D eigenvalue weighted by atomic mass is 32.3. The fourth-order valence-electron chi connectivity index (χ4n) is 5.94. The van der Waals surface area contributed by atoms with E-state index in [0.29, 0.717) is 17.8 Å². The van der Waals surface area contributed by atoms with Gasteiger partial charge in [-0.1, -0.05) is 63.6 Å². The van der Waals surface area contributed by atoms with Crippen LogP contribution in [-0.2, 0) is 43.5 Å². The van der Waals surface area contributed by atoms with Crippen LogP contribution >= 0.6 is 0 Å². The van der Waals surface area contributed by atoms with Crippen molar-refractivity contribution in [2.75, 3.05) is 0 Å². The molecule has 0 amide bonds. The van der Waals surface area contributed by atoms with Crippen molar-refractivity contribution in [1.82, 2.24) is 0 Å². The maximum atomic E-state index is 13.7. The zero-order valence-electron chi connectivity index (χ0n) is 24.9. The second-order valence-electron chi connectivity index (χ2n) is 11.7. The average molecular weight is 633 g/mol. The lowest BCUT2D eigenvalue weighted by Gasteiger charge is -2.37. The van der Waals surface area contributed by atoms with Crippen LogP contribution in [0.4, 0.5) is 0 Å². The minimum Gasteiger partial charge on any atom is -0.457 e. The van der Waals surface area contributed by atoms with Crippen LogP contribution in [0.1, 0.15) is 59.8 Å². The number of carbonyl (C=O) groups is 2. The standard InChI is InChI=1S/C32H40O9S2/c1-21(2)26-16-15-22(3)19-29(26)40-30-20-27(32(34)41-30)28(39-23(4)33)17-18-31(42(35,36)24-11-7-5-8-12-24)43(37,38)25-13-9-6-10-14-25/h5-14,20-22,26,28-31H,15-19H2,1-4H3/t22-,26+,28-,29-,30-/m1/s1. The van der Waals surface area contributed by atoms with E-state index in [1.807, 2.05) is 0 Å². The van der Waals surface area contributed by atoms with Gasteiger partial charge in [0.2, 0.25) is 6.29 Å². The largest absolute Gasteiger partial charge is 0.457 e. The monoisotopic (exact) mass is 632 g/mol. The Morgan fingerprint density at radius 2 is 1.47 bits per heavy atom. The van der Waals surface area contributed by atoms with Crippen LogP contribution in [0.15, 0.2) is 82.1 Å². The zero-order valence-corrected chi connectivity index (χ0v) is 26.6. The third kappa shape index (κ3) is 7.74. The van der Waals surface area contributed by atoms with Crippen LogP contribution in [0.2, 0.25) is 0 Å². The Morgan fingerprint density at radius 3 is 1.98 bits per heavy atom. The molecule has 0 aromatic heterocycles. The van der Waals surface area contributed by atoms with Crippen molar-refractivity contribution in [3.8, 4) is 0 Å². The highest BCUT2D eigenvalue weighted by molar-refractivity contribution is 8.09. The normalized spacial score (nSPS) is 23.6. The van der Waals surface area contributed by atoms with E-state index >= 15 is 0 Å². The SMILES string of the molecule is CC(=O)O[C@H](CCC(S(=O)(=O)c1ccccc1)S(=O)(=O)c1ccccc1)C1=C[C@H](O[C@@H]2C[C@H](C)CC[C@H]2C(C)C)OC1=O. The van der Waals surface area contributed by atoms with Gasteiger partial charge in [0.05, 0.1) is 21.5 Å². The van der Waals surface area contributed by atoms with Crippen molar-refractivity contribution in [2.24, 2.45) is 17.8 Å². The lowest BCUT2D eigenvalue weighted by molar-refractivity contribution is -0.179. The molecule has 1 heterocycles. The van der Waals surface area contributed by atoms with Crippen molar-refractivity contribution in [3.05, 3.63) is 72.3 Å². The molecule has 0 spiro atoms. The minimum atomic E-state index is -4.41. The van der Waals surface area contributed by atoms with E-state index in [0.717, 1.165) is 26.2 Å². The van der Waals surface area contributed by atoms with Crippen LogP contribution in [0, 0.1) is 17.8 Å². The zero-order chi connectivity index (χ0) is 31.4. The minimum absolute atomic E-state index is 0.00174. The molecule has 1 fully saturated rings. The van der Waals surface area contributed by atoms with Crippen molar-refractivity contribution in [3.63, 3.8) is 0 Å². The summed E-state index contributed by atoms with van der Waals surface area (Å²) in [6, 6.07) is 14.6. The fourth-order valence-corrected chi connectivity index (χ4v) is 10.5. The predicted molar refractivity (Wildman–Crippen MR) is 160 cm³/mol. The second-order valence-corrected chi connectivity index (χ2v) is 16.3. The van der Waals surface area contributed by atoms with Gasteiger partial charge in [0, 0.05) is 6.92 Å². The van der Waals surface area contributed by atoms with E-state index in [1.165, 1.54) is 54.6 Å². The van der Waals surface area contributed by atoms with Gasteiger partial charge in [0.15, 0.2) is 24.3 Å². The molecule has 43 heavy (non-hydrogen) atoms. The molecule has 11 heteroatoms. The van der Waals surface area contributed by atoms with E-state index < -0.39 is 55.0 Å². The highest BCUT2D eigenvalue weighted by Crippen LogP contribution is 2.37. The van der Waals surface area contributed by atoms with Crippen LogP contribution in [0.3, 0.4) is 0 Å². The number of ether oxygens (including phenoxy) is 3. The molecule has 0 saturated heterocycles. The summed E-state index contributed by atoms with van der Waals surface area (Å²) in [5, 5.41) is 0. The van der Waals surface area contributed by atoms with Gasteiger partial charge in [-0.3, -0.25) is 4.79 Å². The number of benzene rings is 2. The maximum Gasteiger partial charge on any atom is 0.340 e. The molecule has 2 aromatic carbocycles. The number of rotatable bonds is 12. The molecule has 0 unspecified atom stereocenters. The first-order chi connectivity index (χ1) is 20.3. The molecular formula is C32H40O9S2. The number of cyclic esters (lactones) is 1. The number of esters is 2. The summed E-state index contributed by atoms with van der Waals surface area (Å²) in [7, 11) is -8.81. The van der Waals surface area contributed by atoms with E-state index in [2.05, 4.69) is 20.8 Å². The average Bonchev–Trinajstić information content (AvgIpc) is 3.32. The van der Waals surface area contributed by atoms with Crippen LogP contribution in [-0.4, -0.2) is 51.9 Å². The van der Waals surface area contributed by atoms with Gasteiger partial charge in [-0.25, -0.2) is 21.6 Å². The molecule has 9 nitrogen and oxygen atoms in total. The summed E-state index contributed by atoms with van der Waals surface area (Å²) < 4.78 is 70.3. The highest BCUT2D eigenvalue weighted by Gasteiger charge is 2.43. The molecule has 5 atom stereocenters. The first kappa shape index (κ1) is 32.9. The second kappa shape index (κ2) is 13.7. The summed E-state index contributed by atoms with van der Waals surface area (Å²) in [6.07, 6.45) is 1.33. The lowest BCUT2D eigenvalue weighted by Crippen LogP contribution is -2.36. The molecule has 0 bridgehead atoms. The Morgan fingerprint density at radius 1 is 0.907 bits per heavy atom. The summed E-state index contributed by atoms with van der Waals surface area (Å²) in [5.74, 6) is -0.331. The van der Waals surface area contributed by atoms with E-state index in [4.69, 9.17) is 14.2 Å². The fraction of sp³-hybridized carbons (Fsp3) is 0.500. The molecule has 1 aliphatic heterocycles. The molecule has 4 rings (SSSR count). The summed E-state index contributed by atoms with van der Waals surface area (Å²) >= 11 is 0. The number of carbonyl (C=O) groups excluding carboxylic acids is 2. The van der Waals surface area contributed by atoms with Crippen LogP contribution < -0.4 is 0 Å². The third-order valence-corrected chi connectivity index (χ3v) is 13.4. The molecule has 234 valence electrons. The van der Waals surface area contributed by atoms with Crippen LogP contribution in [0.5, 0.6) is 0 Å². The van der Waals surface area contributed by atoms with Crippen molar-refractivity contribution >= 4 is 31.6 Å². The quantitative estimate of drug-likeness (QED) is 0.288. The van der Waals surface area contributed by atoms with E-state index in [-0.39, 0.29) is 27.9 Å². The Hall–Kier alpha value is -3.02. The molecule has 2 aliphatic rings. The maximum absolute atomic E-state index is 13.7. The Labute approximate surface area is 254 Å². The smallest absolute Gasteiger partial charge is 0.340 e. The molecule has 2 aromatic rings. The van der Waals surface area contributed by atoms with Gasteiger partial charge in [0.25, 0.3) is 0 Å². The lowest BCUT2D eigenvalue weighted by atomic mass is 9.75. The third-order valence-electron chi connectivity index (χ3n) is 8.20. The van der Waals surface area contributed by atoms with Gasteiger partial charge in [0.1, 0.15) is 6.10 Å². The molecule has 1 saturated carbocycles. The summed E-state index contributed by atoms with van der Waals surface area (Å²) in [4.78, 5) is 24.8. The molecule has 0 N–H and O–H groups in total. The van der Waals surface area contributed by atoms with Gasteiger partial charge in [-0.15, -0.1) is 0 Å². The van der Waals surface area contributed by atoms with Crippen molar-refractivity contribution in [2.45, 2.75) is 92.7 Å². The van der Waals surface area contributed by atoms with Gasteiger partial charge in [-0.05, 0) is 73.8 Å². The number of sulfone groups is 2.